The third-order valence-electron chi connectivity index (χ3n) is 3.38. The molecule has 0 radical (unpaired) electrons. The molecule has 1 aromatic carbocycles. The molecule has 0 saturated heterocycles. The van der Waals surface area contributed by atoms with E-state index in [9.17, 15) is 4.79 Å². The lowest BCUT2D eigenvalue weighted by Gasteiger charge is -2.12. The minimum absolute atomic E-state index is 0.380. The zero-order chi connectivity index (χ0) is 14.8. The second-order valence-electron chi connectivity index (χ2n) is 4.79. The van der Waals surface area contributed by atoms with Gasteiger partial charge in [0.2, 0.25) is 0 Å². The van der Waals surface area contributed by atoms with Crippen LogP contribution in [0.25, 0.3) is 0 Å². The molecule has 21 heavy (non-hydrogen) atoms. The van der Waals surface area contributed by atoms with Crippen LogP contribution in [0.3, 0.4) is 0 Å². The van der Waals surface area contributed by atoms with Crippen LogP contribution in [0.5, 0.6) is 5.75 Å². The maximum absolute atomic E-state index is 11.4. The van der Waals surface area contributed by atoms with Crippen molar-refractivity contribution in [1.29, 1.82) is 0 Å². The van der Waals surface area contributed by atoms with Gasteiger partial charge in [-0.1, -0.05) is 15.9 Å². The van der Waals surface area contributed by atoms with Crippen LogP contribution in [-0.4, -0.2) is 17.5 Å². The molecule has 0 saturated carbocycles. The van der Waals surface area contributed by atoms with E-state index in [0.717, 1.165) is 22.2 Å². The molecule has 0 bridgehead atoms. The lowest BCUT2D eigenvalue weighted by molar-refractivity contribution is 0.100. The average molecular weight is 348 g/mol. The number of fused-ring (bicyclic) bond motifs is 1. The van der Waals surface area contributed by atoms with Gasteiger partial charge < -0.3 is 15.8 Å². The van der Waals surface area contributed by atoms with Gasteiger partial charge in [0.15, 0.2) is 0 Å². The molecule has 3 rings (SSSR count). The van der Waals surface area contributed by atoms with Gasteiger partial charge in [-0.3, -0.25) is 9.78 Å². The highest BCUT2D eigenvalue weighted by Crippen LogP contribution is 2.33. The number of primary amides is 1. The quantitative estimate of drug-likeness (QED) is 0.890. The van der Waals surface area contributed by atoms with Crippen molar-refractivity contribution >= 4 is 27.5 Å². The zero-order valence-corrected chi connectivity index (χ0v) is 12.8. The first-order valence-corrected chi connectivity index (χ1v) is 7.36. The number of carbonyl (C=O) groups is 1. The summed E-state index contributed by atoms with van der Waals surface area (Å²) < 4.78 is 6.71. The monoisotopic (exact) mass is 347 g/mol. The van der Waals surface area contributed by atoms with Crippen LogP contribution < -0.4 is 15.8 Å². The van der Waals surface area contributed by atoms with E-state index in [1.165, 1.54) is 11.8 Å². The molecule has 0 unspecified atom stereocenters. The normalized spacial score (nSPS) is 12.6. The van der Waals surface area contributed by atoms with Crippen LogP contribution in [0.2, 0.25) is 0 Å². The summed E-state index contributed by atoms with van der Waals surface area (Å²) in [6, 6.07) is 5.83. The number of ether oxygens (including phenoxy) is 1. The number of nitrogens with two attached hydrogens (primary N) is 1. The molecule has 1 aromatic heterocycles. The molecule has 2 heterocycles. The van der Waals surface area contributed by atoms with Gasteiger partial charge in [-0.25, -0.2) is 0 Å². The fourth-order valence-corrected chi connectivity index (χ4v) is 2.97. The highest BCUT2D eigenvalue weighted by atomic mass is 79.9. The largest absolute Gasteiger partial charge is 0.493 e. The van der Waals surface area contributed by atoms with Crippen molar-refractivity contribution in [2.75, 3.05) is 11.9 Å². The molecule has 1 aliphatic heterocycles. The number of halogens is 1. The minimum Gasteiger partial charge on any atom is -0.493 e. The molecule has 0 aliphatic carbocycles. The number of hydrogen-bond acceptors (Lipinski definition) is 4. The van der Waals surface area contributed by atoms with Gasteiger partial charge >= 0.3 is 0 Å². The summed E-state index contributed by atoms with van der Waals surface area (Å²) in [5.41, 5.74) is 8.64. The van der Waals surface area contributed by atoms with E-state index in [1.807, 2.05) is 6.07 Å². The Hall–Kier alpha value is -2.08. The average Bonchev–Trinajstić information content (AvgIpc) is 2.93. The number of amides is 1. The predicted octanol–water partition coefficient (Wildman–Crippen LogP) is 2.49. The number of hydrogen-bond donors (Lipinski definition) is 2. The summed E-state index contributed by atoms with van der Waals surface area (Å²) >= 11 is 3.51. The van der Waals surface area contributed by atoms with E-state index in [1.54, 1.807) is 12.3 Å². The highest BCUT2D eigenvalue weighted by molar-refractivity contribution is 9.10. The fraction of sp³-hybridized carbons (Fsp3) is 0.200. The molecule has 2 aromatic rings. The molecule has 1 amide bonds. The minimum atomic E-state index is -0.499. The number of pyridine rings is 1. The van der Waals surface area contributed by atoms with Crippen LogP contribution in [-0.2, 0) is 13.0 Å². The molecular weight excluding hydrogens is 334 g/mol. The van der Waals surface area contributed by atoms with E-state index in [4.69, 9.17) is 10.5 Å². The summed E-state index contributed by atoms with van der Waals surface area (Å²) in [6.45, 7) is 1.26. The van der Waals surface area contributed by atoms with Gasteiger partial charge in [-0.15, -0.1) is 0 Å². The maximum Gasteiger partial charge on any atom is 0.252 e. The lowest BCUT2D eigenvalue weighted by atomic mass is 10.1. The number of carbonyl (C=O) groups excluding carboxylic acids is 1. The zero-order valence-electron chi connectivity index (χ0n) is 11.2. The van der Waals surface area contributed by atoms with E-state index in [0.29, 0.717) is 24.4 Å². The van der Waals surface area contributed by atoms with E-state index in [-0.39, 0.29) is 0 Å². The Morgan fingerprint density at radius 1 is 1.48 bits per heavy atom. The highest BCUT2D eigenvalue weighted by Gasteiger charge is 2.17. The second-order valence-corrected chi connectivity index (χ2v) is 5.71. The summed E-state index contributed by atoms with van der Waals surface area (Å²) in [5.74, 6) is 0.432. The number of rotatable bonds is 4. The third-order valence-corrected chi connectivity index (χ3v) is 3.84. The van der Waals surface area contributed by atoms with Gasteiger partial charge in [0.25, 0.3) is 5.91 Å². The second kappa shape index (κ2) is 5.73. The van der Waals surface area contributed by atoms with Crippen LogP contribution >= 0.6 is 15.9 Å². The lowest BCUT2D eigenvalue weighted by Crippen LogP contribution is -2.14. The first-order chi connectivity index (χ1) is 10.1. The number of aromatic nitrogens is 1. The molecule has 6 heteroatoms. The maximum atomic E-state index is 11.4. The summed E-state index contributed by atoms with van der Waals surface area (Å²) in [6.07, 6.45) is 4.01. The smallest absolute Gasteiger partial charge is 0.252 e. The summed E-state index contributed by atoms with van der Waals surface area (Å²) in [4.78, 5) is 15.3. The molecule has 0 spiro atoms. The Balaban J connectivity index is 1.85. The van der Waals surface area contributed by atoms with Gasteiger partial charge in [0, 0.05) is 35.4 Å². The third kappa shape index (κ3) is 2.85. The van der Waals surface area contributed by atoms with Crippen molar-refractivity contribution in [3.63, 3.8) is 0 Å². The number of nitrogens with one attached hydrogen (secondary N) is 1. The standard InChI is InChI=1S/C15H14BrN3O2/c16-11-5-9-2-4-21-14(9)10(6-11)7-19-13-1-3-18-8-12(13)15(17)20/h1,3,5-6,8H,2,4,7H2,(H2,17,20)(H,18,19). The Kier molecular flexibility index (Phi) is 3.79. The molecule has 0 atom stereocenters. The molecule has 3 N–H and O–H groups in total. The van der Waals surface area contributed by atoms with Crippen molar-refractivity contribution in [3.8, 4) is 5.75 Å². The Morgan fingerprint density at radius 3 is 3.14 bits per heavy atom. The van der Waals surface area contributed by atoms with Gasteiger partial charge in [0.05, 0.1) is 17.9 Å². The molecule has 108 valence electrons. The predicted molar refractivity (Wildman–Crippen MR) is 83.4 cm³/mol. The van der Waals surface area contributed by atoms with Crippen LogP contribution in [0.4, 0.5) is 5.69 Å². The number of anilines is 1. The van der Waals surface area contributed by atoms with Crippen molar-refractivity contribution in [2.24, 2.45) is 5.73 Å². The molecule has 1 aliphatic rings. The van der Waals surface area contributed by atoms with Crippen molar-refractivity contribution < 1.29 is 9.53 Å². The van der Waals surface area contributed by atoms with Crippen molar-refractivity contribution in [1.82, 2.24) is 4.98 Å². The van der Waals surface area contributed by atoms with Gasteiger partial charge in [0.1, 0.15) is 5.75 Å². The molecular formula is C15H14BrN3O2. The van der Waals surface area contributed by atoms with Gasteiger partial charge in [-0.2, -0.15) is 0 Å². The fourth-order valence-electron chi connectivity index (χ4n) is 2.41. The Labute approximate surface area is 130 Å². The topological polar surface area (TPSA) is 77.2 Å². The van der Waals surface area contributed by atoms with Gasteiger partial charge in [-0.05, 0) is 23.8 Å². The number of benzene rings is 1. The summed E-state index contributed by atoms with van der Waals surface area (Å²) in [5, 5.41) is 3.23. The Bertz CT molecular complexity index is 703. The van der Waals surface area contributed by atoms with Crippen molar-refractivity contribution in [2.45, 2.75) is 13.0 Å². The Morgan fingerprint density at radius 2 is 2.33 bits per heavy atom. The first-order valence-electron chi connectivity index (χ1n) is 6.57. The summed E-state index contributed by atoms with van der Waals surface area (Å²) in [7, 11) is 0. The van der Waals surface area contributed by atoms with E-state index < -0.39 is 5.91 Å². The first kappa shape index (κ1) is 13.9. The SMILES string of the molecule is NC(=O)c1cnccc1NCc1cc(Br)cc2c1OCC2. The van der Waals surface area contributed by atoms with Crippen LogP contribution in [0.1, 0.15) is 21.5 Å². The van der Waals surface area contributed by atoms with Crippen LogP contribution in [0, 0.1) is 0 Å². The van der Waals surface area contributed by atoms with E-state index >= 15 is 0 Å². The van der Waals surface area contributed by atoms with E-state index in [2.05, 4.69) is 32.3 Å². The number of nitrogens with zero attached hydrogens (tertiary/aromatic N) is 1. The molecule has 0 fully saturated rings. The van der Waals surface area contributed by atoms with Crippen molar-refractivity contribution in [3.05, 3.63) is 51.8 Å². The molecule has 5 nitrogen and oxygen atoms in total. The van der Waals surface area contributed by atoms with Crippen LogP contribution in [0.15, 0.2) is 35.1 Å².